The Hall–Kier alpha value is -2.46. The van der Waals surface area contributed by atoms with Gasteiger partial charge >= 0.3 is 6.18 Å². The maximum Gasteiger partial charge on any atom is 0.418 e. The van der Waals surface area contributed by atoms with Crippen molar-refractivity contribution in [3.63, 3.8) is 0 Å². The first-order valence-electron chi connectivity index (χ1n) is 11.0. The summed E-state index contributed by atoms with van der Waals surface area (Å²) in [5.74, 6) is -0.858. The lowest BCUT2D eigenvalue weighted by molar-refractivity contribution is -0.137. The van der Waals surface area contributed by atoms with Crippen LogP contribution in [0.25, 0.3) is 22.2 Å². The number of hydrogen-bond acceptors (Lipinski definition) is 3. The Labute approximate surface area is 196 Å². The van der Waals surface area contributed by atoms with E-state index in [1.165, 1.54) is 18.3 Å². The van der Waals surface area contributed by atoms with Crippen LogP contribution >= 0.6 is 0 Å². The summed E-state index contributed by atoms with van der Waals surface area (Å²) >= 11 is 0. The third-order valence-electron chi connectivity index (χ3n) is 5.78. The molecule has 0 spiro atoms. The van der Waals surface area contributed by atoms with Crippen molar-refractivity contribution in [2.24, 2.45) is 5.41 Å². The van der Waals surface area contributed by atoms with Crippen molar-refractivity contribution < 1.29 is 26.0 Å². The van der Waals surface area contributed by atoms with E-state index in [1.807, 2.05) is 25.3 Å². The van der Waals surface area contributed by atoms with E-state index in [1.54, 1.807) is 13.1 Å². The highest BCUT2D eigenvalue weighted by Crippen LogP contribution is 2.39. The standard InChI is InChI=1S/C24H27F4N3O2S/c1-14(30-34(32,33)15-7-8-15)18-12-31(13-23(2,3)4)21-11-17(20(25)10-16(18)21)22-19(24(26,27)28)6-5-9-29-22/h5-6,9-12,14-15,30H,7-8,13H2,1-4H3. The average molecular weight is 498 g/mol. The molecule has 1 aromatic carbocycles. The molecule has 0 bridgehead atoms. The molecule has 0 amide bonds. The van der Waals surface area contributed by atoms with Crippen molar-refractivity contribution in [3.05, 3.63) is 53.6 Å². The van der Waals surface area contributed by atoms with Crippen LogP contribution in [-0.2, 0) is 22.7 Å². The summed E-state index contributed by atoms with van der Waals surface area (Å²) < 4.78 is 85.5. The molecule has 0 aliphatic heterocycles. The SMILES string of the molecule is CC(NS(=O)(=O)C1CC1)c1cn(CC(C)(C)C)c2cc(-c3ncccc3C(F)(F)F)c(F)cc12. The molecule has 1 unspecified atom stereocenters. The number of benzene rings is 1. The van der Waals surface area contributed by atoms with Crippen molar-refractivity contribution in [2.45, 2.75) is 64.5 Å². The Morgan fingerprint density at radius 3 is 2.47 bits per heavy atom. The van der Waals surface area contributed by atoms with Crippen molar-refractivity contribution >= 4 is 20.9 Å². The first-order valence-corrected chi connectivity index (χ1v) is 12.6. The number of pyridine rings is 1. The number of aromatic nitrogens is 2. The first kappa shape index (κ1) is 24.7. The number of halogens is 4. The minimum atomic E-state index is -4.70. The molecule has 2 aromatic heterocycles. The maximum atomic E-state index is 15.3. The van der Waals surface area contributed by atoms with Gasteiger partial charge < -0.3 is 4.57 Å². The van der Waals surface area contributed by atoms with Gasteiger partial charge in [0.1, 0.15) is 5.82 Å². The molecule has 34 heavy (non-hydrogen) atoms. The summed E-state index contributed by atoms with van der Waals surface area (Å²) in [6.07, 6.45) is -0.529. The first-order chi connectivity index (χ1) is 15.7. The number of rotatable bonds is 6. The zero-order valence-corrected chi connectivity index (χ0v) is 20.2. The highest BCUT2D eigenvalue weighted by molar-refractivity contribution is 7.90. The Kier molecular flexibility index (Phi) is 6.05. The van der Waals surface area contributed by atoms with Crippen LogP contribution < -0.4 is 4.72 Å². The Balaban J connectivity index is 1.89. The van der Waals surface area contributed by atoms with Crippen LogP contribution in [-0.4, -0.2) is 23.2 Å². The highest BCUT2D eigenvalue weighted by atomic mass is 32.2. The van der Waals surface area contributed by atoms with Crippen LogP contribution in [0.15, 0.2) is 36.7 Å². The molecule has 0 saturated heterocycles. The second-order valence-electron chi connectivity index (χ2n) is 10.1. The molecular weight excluding hydrogens is 470 g/mol. The highest BCUT2D eigenvalue weighted by Gasteiger charge is 2.37. The predicted octanol–water partition coefficient (Wildman–Crippen LogP) is 6.05. The van der Waals surface area contributed by atoms with Crippen LogP contribution in [0.1, 0.15) is 57.7 Å². The summed E-state index contributed by atoms with van der Waals surface area (Å²) in [6.45, 7) is 8.18. The molecule has 0 radical (unpaired) electrons. The topological polar surface area (TPSA) is 64.0 Å². The summed E-state index contributed by atoms with van der Waals surface area (Å²) in [4.78, 5) is 3.84. The van der Waals surface area contributed by atoms with Crippen LogP contribution in [0.5, 0.6) is 0 Å². The molecular formula is C24H27F4N3O2S. The van der Waals surface area contributed by atoms with Gasteiger partial charge in [0.15, 0.2) is 0 Å². The lowest BCUT2D eigenvalue weighted by Gasteiger charge is -2.20. The number of nitrogens with zero attached hydrogens (tertiary/aromatic N) is 2. The molecule has 1 N–H and O–H groups in total. The van der Waals surface area contributed by atoms with Gasteiger partial charge in [-0.2, -0.15) is 13.2 Å². The normalized spacial score (nSPS) is 16.2. The van der Waals surface area contributed by atoms with Gasteiger partial charge in [-0.25, -0.2) is 17.5 Å². The van der Waals surface area contributed by atoms with Gasteiger partial charge in [-0.15, -0.1) is 0 Å². The van der Waals surface area contributed by atoms with E-state index in [0.29, 0.717) is 35.9 Å². The smallest absolute Gasteiger partial charge is 0.347 e. The van der Waals surface area contributed by atoms with Gasteiger partial charge in [0.2, 0.25) is 10.0 Å². The minimum Gasteiger partial charge on any atom is -0.347 e. The van der Waals surface area contributed by atoms with Crippen molar-refractivity contribution in [1.82, 2.24) is 14.3 Å². The van der Waals surface area contributed by atoms with Gasteiger partial charge in [-0.05, 0) is 55.0 Å². The molecule has 3 aromatic rings. The fourth-order valence-corrected chi connectivity index (χ4v) is 5.71. The number of sulfonamides is 1. The van der Waals surface area contributed by atoms with Crippen molar-refractivity contribution in [3.8, 4) is 11.3 Å². The monoisotopic (exact) mass is 497 g/mol. The Morgan fingerprint density at radius 1 is 1.21 bits per heavy atom. The quantitative estimate of drug-likeness (QED) is 0.422. The van der Waals surface area contributed by atoms with Gasteiger partial charge in [0.05, 0.1) is 16.5 Å². The largest absolute Gasteiger partial charge is 0.418 e. The van der Waals surface area contributed by atoms with Crippen LogP contribution in [0.4, 0.5) is 17.6 Å². The Morgan fingerprint density at radius 2 is 1.88 bits per heavy atom. The molecule has 1 fully saturated rings. The fraction of sp³-hybridized carbons (Fsp3) is 0.458. The summed E-state index contributed by atoms with van der Waals surface area (Å²) in [5, 5.41) is 0.0344. The van der Waals surface area contributed by atoms with Crippen LogP contribution in [0.2, 0.25) is 0 Å². The fourth-order valence-electron chi connectivity index (χ4n) is 4.14. The van der Waals surface area contributed by atoms with E-state index in [4.69, 9.17) is 0 Å². The second kappa shape index (κ2) is 8.34. The zero-order valence-electron chi connectivity index (χ0n) is 19.4. The second-order valence-corrected chi connectivity index (χ2v) is 12.1. The van der Waals surface area contributed by atoms with Crippen LogP contribution in [0.3, 0.4) is 0 Å². The molecule has 1 aliphatic rings. The van der Waals surface area contributed by atoms with E-state index in [-0.39, 0.29) is 11.0 Å². The summed E-state index contributed by atoms with van der Waals surface area (Å²) in [5.41, 5.74) is -0.888. The molecule has 1 aliphatic carbocycles. The summed E-state index contributed by atoms with van der Waals surface area (Å²) in [7, 11) is -3.50. The van der Waals surface area contributed by atoms with Gasteiger partial charge in [0, 0.05) is 41.4 Å². The predicted molar refractivity (Wildman–Crippen MR) is 123 cm³/mol. The van der Waals surface area contributed by atoms with Gasteiger partial charge in [0.25, 0.3) is 0 Å². The third kappa shape index (κ3) is 4.98. The van der Waals surface area contributed by atoms with Crippen molar-refractivity contribution in [2.75, 3.05) is 0 Å². The number of hydrogen-bond donors (Lipinski definition) is 1. The van der Waals surface area contributed by atoms with E-state index in [0.717, 1.165) is 12.1 Å². The molecule has 5 nitrogen and oxygen atoms in total. The number of alkyl halides is 3. The minimum absolute atomic E-state index is 0.198. The molecule has 1 atom stereocenters. The lowest BCUT2D eigenvalue weighted by atomic mass is 9.96. The van der Waals surface area contributed by atoms with E-state index >= 15 is 4.39 Å². The van der Waals surface area contributed by atoms with Crippen molar-refractivity contribution in [1.29, 1.82) is 0 Å². The average Bonchev–Trinajstić information content (AvgIpc) is 3.51. The molecule has 2 heterocycles. The molecule has 10 heteroatoms. The molecule has 184 valence electrons. The summed E-state index contributed by atoms with van der Waals surface area (Å²) in [6, 6.07) is 3.95. The van der Waals surface area contributed by atoms with Crippen LogP contribution in [0, 0.1) is 11.2 Å². The zero-order chi connectivity index (χ0) is 25.1. The maximum absolute atomic E-state index is 15.3. The lowest BCUT2D eigenvalue weighted by Crippen LogP contribution is -2.29. The molecule has 4 rings (SSSR count). The number of fused-ring (bicyclic) bond motifs is 1. The Bertz CT molecular complexity index is 1340. The molecule has 1 saturated carbocycles. The van der Waals surface area contributed by atoms with E-state index < -0.39 is 44.6 Å². The van der Waals surface area contributed by atoms with E-state index in [2.05, 4.69) is 9.71 Å². The van der Waals surface area contributed by atoms with E-state index in [9.17, 15) is 21.6 Å². The van der Waals surface area contributed by atoms with Gasteiger partial charge in [-0.1, -0.05) is 20.8 Å². The van der Waals surface area contributed by atoms with Gasteiger partial charge in [-0.3, -0.25) is 4.98 Å². The number of nitrogens with one attached hydrogen (secondary N) is 1. The third-order valence-corrected chi connectivity index (χ3v) is 7.82.